The zero-order chi connectivity index (χ0) is 20.5. The molecule has 0 aliphatic heterocycles. The molecule has 0 spiro atoms. The number of rotatable bonds is 7. The summed E-state index contributed by atoms with van der Waals surface area (Å²) in [5, 5.41) is 9.31. The van der Waals surface area contributed by atoms with Crippen molar-refractivity contribution >= 4 is 34.8 Å². The molecule has 0 aromatic heterocycles. The van der Waals surface area contributed by atoms with E-state index < -0.39 is 5.91 Å². The minimum Gasteiger partial charge on any atom is -0.495 e. The maximum absolute atomic E-state index is 12.1. The molecule has 0 saturated carbocycles. The van der Waals surface area contributed by atoms with E-state index in [9.17, 15) is 14.4 Å². The molecule has 0 atom stereocenters. The van der Waals surface area contributed by atoms with Crippen molar-refractivity contribution in [3.63, 3.8) is 0 Å². The Morgan fingerprint density at radius 3 is 2.29 bits per heavy atom. The van der Waals surface area contributed by atoms with E-state index in [0.29, 0.717) is 28.4 Å². The summed E-state index contributed by atoms with van der Waals surface area (Å²) < 4.78 is 5.18. The molecule has 3 N–H and O–H groups in total. The van der Waals surface area contributed by atoms with E-state index in [0.717, 1.165) is 0 Å². The van der Waals surface area contributed by atoms with Crippen molar-refractivity contribution in [2.24, 2.45) is 5.10 Å². The number of carbonyl (C=O) groups excluding carboxylic acids is 3. The van der Waals surface area contributed by atoms with Gasteiger partial charge in [0.1, 0.15) is 5.75 Å². The summed E-state index contributed by atoms with van der Waals surface area (Å²) in [6.45, 7) is 3.05. The van der Waals surface area contributed by atoms with Gasteiger partial charge in [0.25, 0.3) is 5.91 Å². The topological polar surface area (TPSA) is 109 Å². The lowest BCUT2D eigenvalue weighted by Crippen LogP contribution is -2.21. The van der Waals surface area contributed by atoms with Crippen LogP contribution in [0.1, 0.15) is 30.6 Å². The van der Waals surface area contributed by atoms with Gasteiger partial charge < -0.3 is 15.4 Å². The van der Waals surface area contributed by atoms with E-state index in [-0.39, 0.29) is 18.2 Å². The molecule has 0 aliphatic carbocycles. The molecule has 8 heteroatoms. The minimum atomic E-state index is -0.418. The summed E-state index contributed by atoms with van der Waals surface area (Å²) >= 11 is 0. The monoisotopic (exact) mass is 382 g/mol. The summed E-state index contributed by atoms with van der Waals surface area (Å²) in [6, 6.07) is 13.4. The average molecular weight is 382 g/mol. The fourth-order valence-corrected chi connectivity index (χ4v) is 2.33. The number of ether oxygens (including phenoxy) is 1. The molecule has 0 saturated heterocycles. The molecule has 0 unspecified atom stereocenters. The van der Waals surface area contributed by atoms with Crippen LogP contribution in [0.25, 0.3) is 0 Å². The summed E-state index contributed by atoms with van der Waals surface area (Å²) in [6.07, 6.45) is 0.0137. The molecule has 0 heterocycles. The molecule has 8 nitrogen and oxygen atoms in total. The molecule has 0 fully saturated rings. The van der Waals surface area contributed by atoms with E-state index >= 15 is 0 Å². The first kappa shape index (κ1) is 20.6. The lowest BCUT2D eigenvalue weighted by molar-refractivity contribution is -0.115. The van der Waals surface area contributed by atoms with Crippen molar-refractivity contribution in [2.45, 2.75) is 20.3 Å². The van der Waals surface area contributed by atoms with Gasteiger partial charge in [0.2, 0.25) is 11.8 Å². The highest BCUT2D eigenvalue weighted by Gasteiger charge is 2.09. The predicted molar refractivity (Wildman–Crippen MR) is 108 cm³/mol. The lowest BCUT2D eigenvalue weighted by Gasteiger charge is -2.09. The third-order valence-electron chi connectivity index (χ3n) is 3.61. The second-order valence-electron chi connectivity index (χ2n) is 5.97. The van der Waals surface area contributed by atoms with Gasteiger partial charge in [-0.1, -0.05) is 12.1 Å². The van der Waals surface area contributed by atoms with Crippen LogP contribution in [0.3, 0.4) is 0 Å². The number of anilines is 2. The van der Waals surface area contributed by atoms with Crippen molar-refractivity contribution in [3.05, 3.63) is 54.1 Å². The Morgan fingerprint density at radius 1 is 0.964 bits per heavy atom. The van der Waals surface area contributed by atoms with E-state index in [1.807, 2.05) is 0 Å². The number of para-hydroxylation sites is 2. The van der Waals surface area contributed by atoms with Crippen LogP contribution in [-0.2, 0) is 9.59 Å². The summed E-state index contributed by atoms with van der Waals surface area (Å²) in [7, 11) is 1.52. The summed E-state index contributed by atoms with van der Waals surface area (Å²) in [4.78, 5) is 35.3. The fourth-order valence-electron chi connectivity index (χ4n) is 2.33. The first-order valence-electron chi connectivity index (χ1n) is 8.53. The molecule has 146 valence electrons. The van der Waals surface area contributed by atoms with Gasteiger partial charge in [0, 0.05) is 23.9 Å². The predicted octanol–water partition coefficient (Wildman–Crippen LogP) is 2.79. The highest BCUT2D eigenvalue weighted by atomic mass is 16.5. The van der Waals surface area contributed by atoms with Gasteiger partial charge in [-0.25, -0.2) is 5.43 Å². The van der Waals surface area contributed by atoms with Crippen molar-refractivity contribution in [1.29, 1.82) is 0 Å². The van der Waals surface area contributed by atoms with Gasteiger partial charge >= 0.3 is 0 Å². The highest BCUT2D eigenvalue weighted by Crippen LogP contribution is 2.23. The first-order valence-corrected chi connectivity index (χ1v) is 8.53. The van der Waals surface area contributed by atoms with Gasteiger partial charge in [-0.3, -0.25) is 14.4 Å². The standard InChI is InChI=1S/C20H22N4O4/c1-13(12-19(26)22-17-6-4-5-7-18(17)28-3)23-24-20(27)15-8-10-16(11-9-15)21-14(2)25/h4-11H,12H2,1-3H3,(H,21,25)(H,22,26)(H,24,27)/b23-13+. The van der Waals surface area contributed by atoms with E-state index in [4.69, 9.17) is 4.74 Å². The Balaban J connectivity index is 1.90. The number of nitrogens with one attached hydrogen (secondary N) is 3. The maximum Gasteiger partial charge on any atom is 0.271 e. The second-order valence-corrected chi connectivity index (χ2v) is 5.97. The van der Waals surface area contributed by atoms with Crippen LogP contribution in [0.5, 0.6) is 5.75 Å². The van der Waals surface area contributed by atoms with Crippen LogP contribution in [0, 0.1) is 0 Å². The number of benzene rings is 2. The molecule has 0 aliphatic rings. The van der Waals surface area contributed by atoms with Crippen LogP contribution in [0.4, 0.5) is 11.4 Å². The van der Waals surface area contributed by atoms with E-state index in [2.05, 4.69) is 21.2 Å². The molecule has 3 amide bonds. The SMILES string of the molecule is COc1ccccc1NC(=O)C/C(C)=N/NC(=O)c1ccc(NC(C)=O)cc1. The van der Waals surface area contributed by atoms with Crippen molar-refractivity contribution < 1.29 is 19.1 Å². The maximum atomic E-state index is 12.1. The first-order chi connectivity index (χ1) is 13.4. The Kier molecular flexibility index (Phi) is 7.27. The Morgan fingerprint density at radius 2 is 1.64 bits per heavy atom. The van der Waals surface area contributed by atoms with E-state index in [1.54, 1.807) is 55.5 Å². The minimum absolute atomic E-state index is 0.0137. The lowest BCUT2D eigenvalue weighted by atomic mass is 10.2. The van der Waals surface area contributed by atoms with Crippen LogP contribution < -0.4 is 20.8 Å². The summed E-state index contributed by atoms with van der Waals surface area (Å²) in [5.74, 6) is -0.330. The molecular formula is C20H22N4O4. The van der Waals surface area contributed by atoms with Gasteiger partial charge in [0.05, 0.1) is 19.2 Å². The van der Waals surface area contributed by atoms with Gasteiger partial charge in [-0.15, -0.1) is 0 Å². The normalized spacial score (nSPS) is 10.8. The molecule has 2 rings (SSSR count). The van der Waals surface area contributed by atoms with Crippen LogP contribution in [-0.4, -0.2) is 30.5 Å². The molecular weight excluding hydrogens is 360 g/mol. The molecule has 28 heavy (non-hydrogen) atoms. The molecule has 2 aromatic carbocycles. The van der Waals surface area contributed by atoms with E-state index in [1.165, 1.54) is 14.0 Å². The largest absolute Gasteiger partial charge is 0.495 e. The quantitative estimate of drug-likeness (QED) is 0.505. The average Bonchev–Trinajstić information content (AvgIpc) is 2.66. The van der Waals surface area contributed by atoms with Gasteiger partial charge in [-0.05, 0) is 43.3 Å². The van der Waals surface area contributed by atoms with Crippen molar-refractivity contribution in [1.82, 2.24) is 5.43 Å². The van der Waals surface area contributed by atoms with Gasteiger partial charge in [-0.2, -0.15) is 5.10 Å². The number of amides is 3. The number of hydrogen-bond acceptors (Lipinski definition) is 5. The Bertz CT molecular complexity index is 891. The number of carbonyl (C=O) groups is 3. The number of hydrogen-bond donors (Lipinski definition) is 3. The Hall–Kier alpha value is -3.68. The number of hydrazone groups is 1. The second kappa shape index (κ2) is 9.86. The summed E-state index contributed by atoms with van der Waals surface area (Å²) in [5.41, 5.74) is 4.38. The molecule has 2 aromatic rings. The Labute approximate surface area is 163 Å². The van der Waals surface area contributed by atoms with Gasteiger partial charge in [0.15, 0.2) is 0 Å². The zero-order valence-electron chi connectivity index (χ0n) is 15.9. The zero-order valence-corrected chi connectivity index (χ0v) is 15.9. The smallest absolute Gasteiger partial charge is 0.271 e. The third kappa shape index (κ3) is 6.24. The highest BCUT2D eigenvalue weighted by molar-refractivity contribution is 6.06. The number of methoxy groups -OCH3 is 1. The molecule has 0 radical (unpaired) electrons. The van der Waals surface area contributed by atoms with Crippen LogP contribution in [0.15, 0.2) is 53.6 Å². The van der Waals surface area contributed by atoms with Crippen molar-refractivity contribution in [3.8, 4) is 5.75 Å². The third-order valence-corrected chi connectivity index (χ3v) is 3.61. The van der Waals surface area contributed by atoms with Crippen LogP contribution in [0.2, 0.25) is 0 Å². The molecule has 0 bridgehead atoms. The van der Waals surface area contributed by atoms with Crippen LogP contribution >= 0.6 is 0 Å². The fraction of sp³-hybridized carbons (Fsp3) is 0.200. The van der Waals surface area contributed by atoms with Crippen molar-refractivity contribution in [2.75, 3.05) is 17.7 Å². The number of nitrogens with zero attached hydrogens (tertiary/aromatic N) is 1.